The summed E-state index contributed by atoms with van der Waals surface area (Å²) in [6.07, 6.45) is 3.69. The van der Waals surface area contributed by atoms with Gasteiger partial charge in [0.1, 0.15) is 5.82 Å². The van der Waals surface area contributed by atoms with Crippen molar-refractivity contribution in [2.75, 3.05) is 6.54 Å². The molecule has 1 aromatic heterocycles. The van der Waals surface area contributed by atoms with Gasteiger partial charge in [-0.2, -0.15) is 5.10 Å². The molecule has 2 atom stereocenters. The molecule has 0 aliphatic carbocycles. The zero-order valence-corrected chi connectivity index (χ0v) is 12.8. The quantitative estimate of drug-likeness (QED) is 0.912. The van der Waals surface area contributed by atoms with Gasteiger partial charge in [-0.15, -0.1) is 0 Å². The van der Waals surface area contributed by atoms with Gasteiger partial charge in [0.2, 0.25) is 0 Å². The lowest BCUT2D eigenvalue weighted by Crippen LogP contribution is -2.49. The normalized spacial score (nSPS) is 22.9. The van der Waals surface area contributed by atoms with Crippen molar-refractivity contribution in [3.8, 4) is 0 Å². The molecular formula is C17H22FN3O. The molecule has 1 aliphatic rings. The molecule has 1 aromatic carbocycles. The molecule has 0 spiro atoms. The van der Waals surface area contributed by atoms with E-state index in [-0.39, 0.29) is 11.9 Å². The Bertz CT molecular complexity index is 628. The van der Waals surface area contributed by atoms with Crippen molar-refractivity contribution in [2.24, 2.45) is 0 Å². The van der Waals surface area contributed by atoms with Gasteiger partial charge in [-0.25, -0.2) is 4.39 Å². The number of benzene rings is 1. The number of halogens is 1. The second-order valence-corrected chi connectivity index (χ2v) is 6.06. The smallest absolute Gasteiger partial charge is 0.126 e. The fourth-order valence-electron chi connectivity index (χ4n) is 3.21. The van der Waals surface area contributed by atoms with Crippen LogP contribution in [0, 0.1) is 12.7 Å². The van der Waals surface area contributed by atoms with Gasteiger partial charge >= 0.3 is 0 Å². The summed E-state index contributed by atoms with van der Waals surface area (Å²) >= 11 is 0. The Balaban J connectivity index is 1.78. The second-order valence-electron chi connectivity index (χ2n) is 6.06. The van der Waals surface area contributed by atoms with Gasteiger partial charge in [-0.3, -0.25) is 10.00 Å². The summed E-state index contributed by atoms with van der Waals surface area (Å²) in [5.41, 5.74) is 2.85. The number of piperidine rings is 1. The van der Waals surface area contributed by atoms with Gasteiger partial charge in [0.05, 0.1) is 12.3 Å². The summed E-state index contributed by atoms with van der Waals surface area (Å²) in [6, 6.07) is 6.77. The molecule has 118 valence electrons. The van der Waals surface area contributed by atoms with Crippen molar-refractivity contribution in [2.45, 2.75) is 44.9 Å². The molecule has 22 heavy (non-hydrogen) atoms. The third-order valence-corrected chi connectivity index (χ3v) is 4.55. The number of H-pyrrole nitrogens is 1. The van der Waals surface area contributed by atoms with E-state index in [1.807, 2.05) is 19.2 Å². The predicted octanol–water partition coefficient (Wildman–Crippen LogP) is 2.43. The summed E-state index contributed by atoms with van der Waals surface area (Å²) in [4.78, 5) is 2.25. The number of hydrogen-bond acceptors (Lipinski definition) is 3. The molecule has 0 radical (unpaired) electrons. The molecular weight excluding hydrogens is 281 g/mol. The van der Waals surface area contributed by atoms with Crippen LogP contribution in [0.1, 0.15) is 29.7 Å². The van der Waals surface area contributed by atoms with E-state index in [0.29, 0.717) is 12.0 Å². The van der Waals surface area contributed by atoms with Crippen molar-refractivity contribution >= 4 is 0 Å². The van der Waals surface area contributed by atoms with E-state index in [0.717, 1.165) is 37.2 Å². The number of likely N-dealkylation sites (tertiary alicyclic amines) is 1. The third kappa shape index (κ3) is 3.20. The number of hydrogen-bond donors (Lipinski definition) is 2. The maximum atomic E-state index is 13.9. The number of nitrogens with zero attached hydrogens (tertiary/aromatic N) is 2. The number of aromatic nitrogens is 2. The van der Waals surface area contributed by atoms with Gasteiger partial charge < -0.3 is 5.11 Å². The first-order chi connectivity index (χ1) is 10.6. The van der Waals surface area contributed by atoms with Crippen LogP contribution < -0.4 is 0 Å². The molecule has 2 N–H and O–H groups in total. The van der Waals surface area contributed by atoms with E-state index in [2.05, 4.69) is 15.1 Å². The van der Waals surface area contributed by atoms with Crippen LogP contribution in [-0.2, 0) is 13.0 Å². The second kappa shape index (κ2) is 6.58. The van der Waals surface area contributed by atoms with Gasteiger partial charge in [0, 0.05) is 23.8 Å². The molecule has 0 saturated carbocycles. The number of aliphatic hydroxyl groups is 1. The van der Waals surface area contributed by atoms with Crippen LogP contribution in [0.5, 0.6) is 0 Å². The lowest BCUT2D eigenvalue weighted by atomic mass is 9.92. The number of rotatable bonds is 4. The zero-order chi connectivity index (χ0) is 15.5. The largest absolute Gasteiger partial charge is 0.391 e. The van der Waals surface area contributed by atoms with Crippen molar-refractivity contribution in [1.82, 2.24) is 15.1 Å². The summed E-state index contributed by atoms with van der Waals surface area (Å²) in [5, 5.41) is 17.4. The standard InChI is InChI=1S/C17H22FN3O/c1-12-14(10-19-20-12)11-21-8-4-7-17(22)16(21)9-13-5-2-3-6-15(13)18/h2-3,5-6,10,16-17,22H,4,7-9,11H2,1H3,(H,19,20)/t16-,17-/m0/s1. The van der Waals surface area contributed by atoms with Crippen LogP contribution in [0.25, 0.3) is 0 Å². The lowest BCUT2D eigenvalue weighted by Gasteiger charge is -2.39. The van der Waals surface area contributed by atoms with E-state index in [4.69, 9.17) is 0 Å². The fourth-order valence-corrected chi connectivity index (χ4v) is 3.21. The Kier molecular flexibility index (Phi) is 4.55. The van der Waals surface area contributed by atoms with Crippen LogP contribution in [0.3, 0.4) is 0 Å². The minimum absolute atomic E-state index is 0.0556. The maximum Gasteiger partial charge on any atom is 0.126 e. The highest BCUT2D eigenvalue weighted by Crippen LogP contribution is 2.24. The predicted molar refractivity (Wildman–Crippen MR) is 82.9 cm³/mol. The summed E-state index contributed by atoms with van der Waals surface area (Å²) < 4.78 is 13.9. The molecule has 4 nitrogen and oxygen atoms in total. The highest BCUT2D eigenvalue weighted by Gasteiger charge is 2.31. The van der Waals surface area contributed by atoms with Gasteiger partial charge in [-0.1, -0.05) is 18.2 Å². The average Bonchev–Trinajstić information content (AvgIpc) is 2.90. The topological polar surface area (TPSA) is 52.2 Å². The number of nitrogens with one attached hydrogen (secondary N) is 1. The van der Waals surface area contributed by atoms with E-state index in [1.54, 1.807) is 12.1 Å². The number of aliphatic hydroxyl groups excluding tert-OH is 1. The fraction of sp³-hybridized carbons (Fsp3) is 0.471. The highest BCUT2D eigenvalue weighted by atomic mass is 19.1. The Morgan fingerprint density at radius 3 is 2.91 bits per heavy atom. The maximum absolute atomic E-state index is 13.9. The molecule has 5 heteroatoms. The molecule has 1 aliphatic heterocycles. The van der Waals surface area contributed by atoms with Crippen LogP contribution in [-0.4, -0.2) is 38.9 Å². The Labute approximate surface area is 130 Å². The van der Waals surface area contributed by atoms with Crippen LogP contribution in [0.2, 0.25) is 0 Å². The average molecular weight is 303 g/mol. The monoisotopic (exact) mass is 303 g/mol. The van der Waals surface area contributed by atoms with Crippen LogP contribution in [0.15, 0.2) is 30.5 Å². The van der Waals surface area contributed by atoms with E-state index in [1.165, 1.54) is 6.07 Å². The van der Waals surface area contributed by atoms with Gasteiger partial charge in [0.15, 0.2) is 0 Å². The van der Waals surface area contributed by atoms with Crippen molar-refractivity contribution in [3.63, 3.8) is 0 Å². The first-order valence-electron chi connectivity index (χ1n) is 7.79. The summed E-state index contributed by atoms with van der Waals surface area (Å²) in [6.45, 7) is 3.65. The molecule has 1 saturated heterocycles. The highest BCUT2D eigenvalue weighted by molar-refractivity contribution is 5.20. The Morgan fingerprint density at radius 2 is 2.18 bits per heavy atom. The van der Waals surface area contributed by atoms with Gasteiger partial charge in [-0.05, 0) is 44.4 Å². The van der Waals surface area contributed by atoms with E-state index < -0.39 is 6.10 Å². The molecule has 0 amide bonds. The van der Waals surface area contributed by atoms with Crippen molar-refractivity contribution in [3.05, 3.63) is 53.1 Å². The third-order valence-electron chi connectivity index (χ3n) is 4.55. The molecule has 2 aromatic rings. The molecule has 2 heterocycles. The lowest BCUT2D eigenvalue weighted by molar-refractivity contribution is 0.00631. The van der Waals surface area contributed by atoms with Crippen LogP contribution >= 0.6 is 0 Å². The van der Waals surface area contributed by atoms with E-state index in [9.17, 15) is 9.50 Å². The zero-order valence-electron chi connectivity index (χ0n) is 12.8. The Hall–Kier alpha value is -1.72. The Morgan fingerprint density at radius 1 is 1.36 bits per heavy atom. The summed E-state index contributed by atoms with van der Waals surface area (Å²) in [5.74, 6) is -0.195. The molecule has 0 unspecified atom stereocenters. The number of aryl methyl sites for hydroxylation is 1. The number of aromatic amines is 1. The van der Waals surface area contributed by atoms with E-state index >= 15 is 0 Å². The summed E-state index contributed by atoms with van der Waals surface area (Å²) in [7, 11) is 0. The first-order valence-corrected chi connectivity index (χ1v) is 7.79. The first kappa shape index (κ1) is 15.2. The minimum atomic E-state index is -0.416. The molecule has 0 bridgehead atoms. The SMILES string of the molecule is Cc1[nH]ncc1CN1CCC[C@H](O)[C@@H]1Cc1ccccc1F. The molecule has 3 rings (SSSR count). The van der Waals surface area contributed by atoms with Crippen LogP contribution in [0.4, 0.5) is 4.39 Å². The van der Waals surface area contributed by atoms with Crippen molar-refractivity contribution < 1.29 is 9.50 Å². The minimum Gasteiger partial charge on any atom is -0.391 e. The molecule has 1 fully saturated rings. The van der Waals surface area contributed by atoms with Crippen molar-refractivity contribution in [1.29, 1.82) is 0 Å². The van der Waals surface area contributed by atoms with Gasteiger partial charge in [0.25, 0.3) is 0 Å².